The number of rotatable bonds is 2. The number of carbonyl (C=O) groups excluding carboxylic acids is 3. The van der Waals surface area contributed by atoms with Crippen molar-refractivity contribution in [1.29, 1.82) is 0 Å². The van der Waals surface area contributed by atoms with Gasteiger partial charge in [-0.05, 0) is 26.0 Å². The summed E-state index contributed by atoms with van der Waals surface area (Å²) < 4.78 is 0. The van der Waals surface area contributed by atoms with Gasteiger partial charge in [0, 0.05) is 26.2 Å². The number of nitrogens with zero attached hydrogens (tertiary/aromatic N) is 2. The predicted molar refractivity (Wildman–Crippen MR) is 80.6 cm³/mol. The standard InChI is InChI=1S/C16H19N3O3/c1-10-3-4-12-13(9-10)16(22)19(15(12)21)11(2)14(20)18-7-5-17-6-8-18/h3-4,9,11,17H,5-8H2,1-2H3. The lowest BCUT2D eigenvalue weighted by atomic mass is 10.1. The summed E-state index contributed by atoms with van der Waals surface area (Å²) in [6.07, 6.45) is 0. The summed E-state index contributed by atoms with van der Waals surface area (Å²) in [5.41, 5.74) is 1.70. The molecular weight excluding hydrogens is 282 g/mol. The topological polar surface area (TPSA) is 69.7 Å². The third kappa shape index (κ3) is 2.29. The molecule has 2 aliphatic heterocycles. The summed E-state index contributed by atoms with van der Waals surface area (Å²) in [7, 11) is 0. The molecule has 1 fully saturated rings. The van der Waals surface area contributed by atoms with E-state index in [4.69, 9.17) is 0 Å². The van der Waals surface area contributed by atoms with Crippen LogP contribution in [-0.2, 0) is 4.79 Å². The maximum Gasteiger partial charge on any atom is 0.262 e. The maximum absolute atomic E-state index is 12.5. The minimum atomic E-state index is -0.772. The van der Waals surface area contributed by atoms with Crippen molar-refractivity contribution in [3.63, 3.8) is 0 Å². The second kappa shape index (κ2) is 5.53. The zero-order valence-corrected chi connectivity index (χ0v) is 12.8. The summed E-state index contributed by atoms with van der Waals surface area (Å²) in [6.45, 7) is 6.17. The summed E-state index contributed by atoms with van der Waals surface area (Å²) in [6, 6.07) is 4.40. The zero-order chi connectivity index (χ0) is 15.9. The number of piperazine rings is 1. The van der Waals surface area contributed by atoms with Crippen LogP contribution in [0.5, 0.6) is 0 Å². The molecule has 3 rings (SSSR count). The van der Waals surface area contributed by atoms with Crippen LogP contribution in [0.25, 0.3) is 0 Å². The maximum atomic E-state index is 12.5. The molecule has 6 nitrogen and oxygen atoms in total. The number of hydrogen-bond donors (Lipinski definition) is 1. The third-order valence-corrected chi connectivity index (χ3v) is 4.25. The fraction of sp³-hybridized carbons (Fsp3) is 0.438. The van der Waals surface area contributed by atoms with E-state index in [0.717, 1.165) is 23.6 Å². The number of carbonyl (C=O) groups is 3. The van der Waals surface area contributed by atoms with E-state index in [1.165, 1.54) is 0 Å². The number of benzene rings is 1. The Morgan fingerprint density at radius 1 is 1.14 bits per heavy atom. The molecule has 1 N–H and O–H groups in total. The Morgan fingerprint density at radius 2 is 1.77 bits per heavy atom. The molecule has 0 aliphatic carbocycles. The minimum absolute atomic E-state index is 0.173. The molecule has 1 atom stereocenters. The molecule has 1 aromatic carbocycles. The Morgan fingerprint density at radius 3 is 2.45 bits per heavy atom. The fourth-order valence-corrected chi connectivity index (χ4v) is 2.98. The summed E-state index contributed by atoms with van der Waals surface area (Å²) in [5, 5.41) is 3.17. The monoisotopic (exact) mass is 301 g/mol. The number of amides is 3. The third-order valence-electron chi connectivity index (χ3n) is 4.25. The first-order valence-corrected chi connectivity index (χ1v) is 7.49. The Bertz CT molecular complexity index is 650. The lowest BCUT2D eigenvalue weighted by molar-refractivity contribution is -0.135. The largest absolute Gasteiger partial charge is 0.338 e. The van der Waals surface area contributed by atoms with Crippen LogP contribution >= 0.6 is 0 Å². The van der Waals surface area contributed by atoms with Gasteiger partial charge in [0.05, 0.1) is 11.1 Å². The molecule has 0 saturated carbocycles. The molecule has 1 aromatic rings. The first-order valence-electron chi connectivity index (χ1n) is 7.49. The number of hydrogen-bond acceptors (Lipinski definition) is 4. The predicted octanol–water partition coefficient (Wildman–Crippen LogP) is 0.411. The van der Waals surface area contributed by atoms with Crippen molar-refractivity contribution in [2.75, 3.05) is 26.2 Å². The van der Waals surface area contributed by atoms with Crippen LogP contribution in [0.4, 0.5) is 0 Å². The molecule has 6 heteroatoms. The first kappa shape index (κ1) is 14.7. The van der Waals surface area contributed by atoms with Crippen molar-refractivity contribution in [3.8, 4) is 0 Å². The molecule has 3 amide bonds. The van der Waals surface area contributed by atoms with E-state index >= 15 is 0 Å². The molecule has 22 heavy (non-hydrogen) atoms. The van der Waals surface area contributed by atoms with Crippen LogP contribution in [-0.4, -0.2) is 59.7 Å². The highest BCUT2D eigenvalue weighted by Gasteiger charge is 2.41. The van der Waals surface area contributed by atoms with Crippen LogP contribution in [0.1, 0.15) is 33.2 Å². The number of nitrogens with one attached hydrogen (secondary N) is 1. The molecule has 0 spiro atoms. The van der Waals surface area contributed by atoms with E-state index in [1.807, 2.05) is 6.92 Å². The van der Waals surface area contributed by atoms with Gasteiger partial charge in [0.2, 0.25) is 5.91 Å². The summed E-state index contributed by atoms with van der Waals surface area (Å²) in [4.78, 5) is 40.3. The Hall–Kier alpha value is -2.21. The van der Waals surface area contributed by atoms with Gasteiger partial charge in [0.15, 0.2) is 0 Å². The van der Waals surface area contributed by atoms with E-state index in [-0.39, 0.29) is 17.7 Å². The average Bonchev–Trinajstić information content (AvgIpc) is 2.78. The van der Waals surface area contributed by atoms with Gasteiger partial charge in [-0.25, -0.2) is 0 Å². The number of fused-ring (bicyclic) bond motifs is 1. The van der Waals surface area contributed by atoms with E-state index in [2.05, 4.69) is 5.32 Å². The Labute approximate surface area is 129 Å². The fourth-order valence-electron chi connectivity index (χ4n) is 2.98. The summed E-state index contributed by atoms with van der Waals surface area (Å²) >= 11 is 0. The minimum Gasteiger partial charge on any atom is -0.338 e. The van der Waals surface area contributed by atoms with Gasteiger partial charge in [-0.3, -0.25) is 19.3 Å². The van der Waals surface area contributed by atoms with E-state index < -0.39 is 6.04 Å². The highest BCUT2D eigenvalue weighted by Crippen LogP contribution is 2.26. The molecule has 116 valence electrons. The molecule has 2 aliphatic rings. The van der Waals surface area contributed by atoms with Gasteiger partial charge < -0.3 is 10.2 Å². The molecular formula is C16H19N3O3. The second-order valence-electron chi connectivity index (χ2n) is 5.78. The lowest BCUT2D eigenvalue weighted by Crippen LogP contribution is -2.54. The normalized spacial score (nSPS) is 19.4. The molecule has 1 saturated heterocycles. The van der Waals surface area contributed by atoms with Crippen molar-refractivity contribution >= 4 is 17.7 Å². The highest BCUT2D eigenvalue weighted by molar-refractivity contribution is 6.22. The van der Waals surface area contributed by atoms with Crippen molar-refractivity contribution in [3.05, 3.63) is 34.9 Å². The molecule has 0 aromatic heterocycles. The Balaban J connectivity index is 1.84. The second-order valence-corrected chi connectivity index (χ2v) is 5.78. The lowest BCUT2D eigenvalue weighted by Gasteiger charge is -2.32. The van der Waals surface area contributed by atoms with Gasteiger partial charge in [0.25, 0.3) is 11.8 Å². The quantitative estimate of drug-likeness (QED) is 0.803. The van der Waals surface area contributed by atoms with Crippen LogP contribution < -0.4 is 5.32 Å². The van der Waals surface area contributed by atoms with Gasteiger partial charge in [-0.1, -0.05) is 11.6 Å². The van der Waals surface area contributed by atoms with Crippen LogP contribution in [0.2, 0.25) is 0 Å². The molecule has 0 bridgehead atoms. The number of imide groups is 1. The van der Waals surface area contributed by atoms with Crippen molar-refractivity contribution in [2.45, 2.75) is 19.9 Å². The molecule has 2 heterocycles. The SMILES string of the molecule is Cc1ccc2c(c1)C(=O)N(C(C)C(=O)N1CCNCC1)C2=O. The number of aryl methyl sites for hydroxylation is 1. The first-order chi connectivity index (χ1) is 10.5. The van der Waals surface area contributed by atoms with E-state index in [0.29, 0.717) is 24.2 Å². The van der Waals surface area contributed by atoms with Crippen LogP contribution in [0.3, 0.4) is 0 Å². The van der Waals surface area contributed by atoms with Crippen LogP contribution in [0.15, 0.2) is 18.2 Å². The van der Waals surface area contributed by atoms with Crippen molar-refractivity contribution in [1.82, 2.24) is 15.1 Å². The van der Waals surface area contributed by atoms with Gasteiger partial charge in [0.1, 0.15) is 6.04 Å². The molecule has 0 radical (unpaired) electrons. The van der Waals surface area contributed by atoms with Crippen molar-refractivity contribution in [2.24, 2.45) is 0 Å². The van der Waals surface area contributed by atoms with Gasteiger partial charge >= 0.3 is 0 Å². The average molecular weight is 301 g/mol. The van der Waals surface area contributed by atoms with E-state index in [1.54, 1.807) is 30.0 Å². The van der Waals surface area contributed by atoms with Crippen molar-refractivity contribution < 1.29 is 14.4 Å². The smallest absolute Gasteiger partial charge is 0.262 e. The van der Waals surface area contributed by atoms with Gasteiger partial charge in [-0.2, -0.15) is 0 Å². The van der Waals surface area contributed by atoms with Crippen LogP contribution in [0, 0.1) is 6.92 Å². The van der Waals surface area contributed by atoms with E-state index in [9.17, 15) is 14.4 Å². The van der Waals surface area contributed by atoms with Gasteiger partial charge in [-0.15, -0.1) is 0 Å². The molecule has 1 unspecified atom stereocenters. The summed E-state index contributed by atoms with van der Waals surface area (Å²) in [5.74, 6) is -0.927. The highest BCUT2D eigenvalue weighted by atomic mass is 16.2. The zero-order valence-electron chi connectivity index (χ0n) is 12.8. The Kier molecular flexibility index (Phi) is 3.70.